The highest BCUT2D eigenvalue weighted by molar-refractivity contribution is 5.83. The van der Waals surface area contributed by atoms with Crippen LogP contribution in [0.5, 0.6) is 0 Å². The number of hydrogen-bond donors (Lipinski definition) is 0. The van der Waals surface area contributed by atoms with Crippen molar-refractivity contribution in [3.05, 3.63) is 35.4 Å². The van der Waals surface area contributed by atoms with Crippen LogP contribution < -0.4 is 0 Å². The van der Waals surface area contributed by atoms with E-state index in [1.165, 1.54) is 12.1 Å². The summed E-state index contributed by atoms with van der Waals surface area (Å²) < 4.78 is 26.5. The van der Waals surface area contributed by atoms with E-state index in [1.807, 2.05) is 0 Å². The molecule has 4 heteroatoms. The van der Waals surface area contributed by atoms with Gasteiger partial charge in [-0.2, -0.15) is 0 Å². The highest BCUT2D eigenvalue weighted by atomic mass is 19.1. The van der Waals surface area contributed by atoms with Crippen molar-refractivity contribution in [2.24, 2.45) is 5.92 Å². The van der Waals surface area contributed by atoms with Crippen LogP contribution in [-0.2, 0) is 11.2 Å². The Hall–Kier alpha value is -1.29. The maximum Gasteiger partial charge on any atom is 0.140 e. The third-order valence-electron chi connectivity index (χ3n) is 4.93. The number of ketones is 1. The van der Waals surface area contributed by atoms with E-state index in [9.17, 15) is 13.6 Å². The largest absolute Gasteiger partial charge is 0.300 e. The maximum atomic E-state index is 13.6. The molecule has 1 aromatic rings. The van der Waals surface area contributed by atoms with E-state index >= 15 is 0 Å². The molecule has 0 aliphatic carbocycles. The first-order chi connectivity index (χ1) is 9.54. The summed E-state index contributed by atoms with van der Waals surface area (Å²) in [6.07, 6.45) is 4.18. The molecule has 2 fully saturated rings. The molecule has 0 amide bonds. The van der Waals surface area contributed by atoms with Crippen LogP contribution in [0.2, 0.25) is 0 Å². The summed E-state index contributed by atoms with van der Waals surface area (Å²) in [5.74, 6) is -1.08. The van der Waals surface area contributed by atoms with Crippen LogP contribution in [0.15, 0.2) is 18.2 Å². The molecule has 20 heavy (non-hydrogen) atoms. The van der Waals surface area contributed by atoms with Crippen molar-refractivity contribution < 1.29 is 13.6 Å². The van der Waals surface area contributed by atoms with Crippen molar-refractivity contribution >= 4 is 5.78 Å². The van der Waals surface area contributed by atoms with Crippen molar-refractivity contribution in [3.8, 4) is 0 Å². The molecule has 2 aliphatic heterocycles. The van der Waals surface area contributed by atoms with E-state index in [0.29, 0.717) is 17.6 Å². The zero-order valence-electron chi connectivity index (χ0n) is 11.6. The van der Waals surface area contributed by atoms with E-state index in [-0.39, 0.29) is 18.1 Å². The second kappa shape index (κ2) is 5.24. The van der Waals surface area contributed by atoms with Gasteiger partial charge in [-0.05, 0) is 44.4 Å². The van der Waals surface area contributed by atoms with E-state index in [0.717, 1.165) is 31.7 Å². The highest BCUT2D eigenvalue weighted by Gasteiger charge is 2.40. The molecule has 108 valence electrons. The number of halogens is 2. The monoisotopic (exact) mass is 279 g/mol. The number of benzene rings is 1. The Morgan fingerprint density at radius 2 is 1.90 bits per heavy atom. The molecule has 0 N–H and O–H groups in total. The first kappa shape index (κ1) is 13.7. The number of carbonyl (C=O) groups excluding carboxylic acids is 1. The standard InChI is InChI=1S/C16H19F2NO/c1-19-13-4-5-14(19)7-11(6-13)16(20)8-10-2-3-12(17)9-15(10)18/h2-3,9,11,13-14H,4-8H2,1H3. The van der Waals surface area contributed by atoms with E-state index < -0.39 is 11.6 Å². The summed E-state index contributed by atoms with van der Waals surface area (Å²) in [5.41, 5.74) is 0.308. The lowest BCUT2D eigenvalue weighted by atomic mass is 9.85. The third kappa shape index (κ3) is 2.49. The highest BCUT2D eigenvalue weighted by Crippen LogP contribution is 2.38. The first-order valence-corrected chi connectivity index (χ1v) is 7.23. The Bertz CT molecular complexity index is 517. The first-order valence-electron chi connectivity index (χ1n) is 7.23. The SMILES string of the molecule is CN1C2CCC1CC(C(=O)Cc1ccc(F)cc1F)C2. The molecule has 3 rings (SSSR count). The van der Waals surface area contributed by atoms with Gasteiger partial charge in [-0.1, -0.05) is 6.07 Å². The molecule has 0 spiro atoms. The van der Waals surface area contributed by atoms with Crippen molar-refractivity contribution in [1.29, 1.82) is 0 Å². The van der Waals surface area contributed by atoms with Crippen LogP contribution in [-0.4, -0.2) is 29.8 Å². The Balaban J connectivity index is 1.68. The molecule has 2 heterocycles. The summed E-state index contributed by atoms with van der Waals surface area (Å²) in [6.45, 7) is 0. The lowest BCUT2D eigenvalue weighted by Crippen LogP contribution is -2.42. The van der Waals surface area contributed by atoms with Crippen LogP contribution in [0.3, 0.4) is 0 Å². The minimum absolute atomic E-state index is 0.0353. The second-order valence-electron chi connectivity index (χ2n) is 6.10. The van der Waals surface area contributed by atoms with Crippen molar-refractivity contribution in [1.82, 2.24) is 4.90 Å². The van der Waals surface area contributed by atoms with E-state index in [1.54, 1.807) is 0 Å². The zero-order chi connectivity index (χ0) is 14.3. The molecule has 2 bridgehead atoms. The lowest BCUT2D eigenvalue weighted by Gasteiger charge is -2.35. The Morgan fingerprint density at radius 1 is 1.25 bits per heavy atom. The van der Waals surface area contributed by atoms with Crippen molar-refractivity contribution in [3.63, 3.8) is 0 Å². The predicted molar refractivity (Wildman–Crippen MR) is 72.4 cm³/mol. The summed E-state index contributed by atoms with van der Waals surface area (Å²) in [7, 11) is 2.13. The van der Waals surface area contributed by atoms with Gasteiger partial charge < -0.3 is 4.90 Å². The van der Waals surface area contributed by atoms with E-state index in [2.05, 4.69) is 11.9 Å². The molecule has 2 saturated heterocycles. The summed E-state index contributed by atoms with van der Waals surface area (Å²) in [4.78, 5) is 14.7. The lowest BCUT2D eigenvalue weighted by molar-refractivity contribution is -0.124. The minimum atomic E-state index is -0.616. The molecular weight excluding hydrogens is 260 g/mol. The normalized spacial score (nSPS) is 29.6. The van der Waals surface area contributed by atoms with Gasteiger partial charge in [-0.25, -0.2) is 8.78 Å². The number of Topliss-reactive ketones (excluding diaryl/α,β-unsaturated/α-hetero) is 1. The van der Waals surface area contributed by atoms with Gasteiger partial charge in [0.2, 0.25) is 0 Å². The molecule has 2 aliphatic rings. The molecule has 2 nitrogen and oxygen atoms in total. The molecule has 2 atom stereocenters. The fraction of sp³-hybridized carbons (Fsp3) is 0.562. The third-order valence-corrected chi connectivity index (χ3v) is 4.93. The summed E-state index contributed by atoms with van der Waals surface area (Å²) in [5, 5.41) is 0. The van der Waals surface area contributed by atoms with Gasteiger partial charge in [-0.3, -0.25) is 4.79 Å². The minimum Gasteiger partial charge on any atom is -0.300 e. The molecule has 0 radical (unpaired) electrons. The van der Waals surface area contributed by atoms with Gasteiger partial charge in [0.15, 0.2) is 0 Å². The average Bonchev–Trinajstić information content (AvgIpc) is 2.64. The van der Waals surface area contributed by atoms with Crippen LogP contribution in [0.25, 0.3) is 0 Å². The van der Waals surface area contributed by atoms with Crippen molar-refractivity contribution in [2.45, 2.75) is 44.2 Å². The van der Waals surface area contributed by atoms with Gasteiger partial charge in [0.05, 0.1) is 0 Å². The van der Waals surface area contributed by atoms with Crippen LogP contribution in [0.4, 0.5) is 8.78 Å². The maximum absolute atomic E-state index is 13.6. The Labute approximate surface area is 117 Å². The van der Waals surface area contributed by atoms with Gasteiger partial charge in [0, 0.05) is 30.5 Å². The van der Waals surface area contributed by atoms with Crippen LogP contribution in [0.1, 0.15) is 31.2 Å². The quantitative estimate of drug-likeness (QED) is 0.848. The molecule has 0 saturated carbocycles. The Kier molecular flexibility index (Phi) is 3.59. The smallest absolute Gasteiger partial charge is 0.140 e. The number of rotatable bonds is 3. The fourth-order valence-corrected chi connectivity index (χ4v) is 3.67. The number of fused-ring (bicyclic) bond motifs is 2. The van der Waals surface area contributed by atoms with Gasteiger partial charge in [0.25, 0.3) is 0 Å². The topological polar surface area (TPSA) is 20.3 Å². The summed E-state index contributed by atoms with van der Waals surface area (Å²) in [6, 6.07) is 4.44. The van der Waals surface area contributed by atoms with Crippen molar-refractivity contribution in [2.75, 3.05) is 7.05 Å². The molecular formula is C16H19F2NO. The number of nitrogens with zero attached hydrogens (tertiary/aromatic N) is 1. The van der Waals surface area contributed by atoms with Gasteiger partial charge in [0.1, 0.15) is 17.4 Å². The van der Waals surface area contributed by atoms with Gasteiger partial charge >= 0.3 is 0 Å². The molecule has 0 aromatic heterocycles. The molecule has 2 unspecified atom stereocenters. The zero-order valence-corrected chi connectivity index (χ0v) is 11.6. The number of hydrogen-bond acceptors (Lipinski definition) is 2. The average molecular weight is 279 g/mol. The Morgan fingerprint density at radius 3 is 2.50 bits per heavy atom. The van der Waals surface area contributed by atoms with Gasteiger partial charge in [-0.15, -0.1) is 0 Å². The van der Waals surface area contributed by atoms with Crippen LogP contribution >= 0.6 is 0 Å². The van der Waals surface area contributed by atoms with Crippen LogP contribution in [0, 0.1) is 17.6 Å². The summed E-state index contributed by atoms with van der Waals surface area (Å²) >= 11 is 0. The second-order valence-corrected chi connectivity index (χ2v) is 6.10. The predicted octanol–water partition coefficient (Wildman–Crippen LogP) is 2.95. The number of carbonyl (C=O) groups is 1. The fourth-order valence-electron chi connectivity index (χ4n) is 3.67. The molecule has 1 aromatic carbocycles. The van der Waals surface area contributed by atoms with E-state index in [4.69, 9.17) is 0 Å². The number of piperidine rings is 1.